The topological polar surface area (TPSA) is 55.9 Å². The lowest BCUT2D eigenvalue weighted by atomic mass is 10.0. The van der Waals surface area contributed by atoms with Gasteiger partial charge in [-0.15, -0.1) is 0 Å². The molecule has 3 N–H and O–H groups in total. The number of nitrogens with two attached hydrogens (primary N) is 1. The Bertz CT molecular complexity index is 634. The maximum absolute atomic E-state index is 13.3. The molecule has 0 aliphatic carbocycles. The molecule has 0 amide bonds. The van der Waals surface area contributed by atoms with Gasteiger partial charge in [-0.25, -0.2) is 9.82 Å². The normalized spacial score (nSPS) is 13.5. The van der Waals surface area contributed by atoms with Gasteiger partial charge >= 0.3 is 6.18 Å². The van der Waals surface area contributed by atoms with E-state index in [2.05, 4.69) is 10.5 Å². The van der Waals surface area contributed by atoms with Crippen LogP contribution in [0.25, 0.3) is 0 Å². The third kappa shape index (κ3) is 3.02. The lowest BCUT2D eigenvalue weighted by molar-refractivity contribution is -0.140. The summed E-state index contributed by atoms with van der Waals surface area (Å²) in [6.45, 7) is 0. The second-order valence-electron chi connectivity index (χ2n) is 4.34. The molecule has 21 heavy (non-hydrogen) atoms. The van der Waals surface area contributed by atoms with Crippen molar-refractivity contribution in [3.05, 3.63) is 52.1 Å². The second-order valence-corrected chi connectivity index (χ2v) is 4.75. The zero-order valence-corrected chi connectivity index (χ0v) is 11.5. The van der Waals surface area contributed by atoms with Gasteiger partial charge in [0.25, 0.3) is 0 Å². The van der Waals surface area contributed by atoms with Crippen LogP contribution in [0.15, 0.2) is 24.4 Å². The number of hydrazine groups is 1. The number of hydrogen-bond acceptors (Lipinski definition) is 3. The average molecular weight is 323 g/mol. The molecular weight excluding hydrogens is 312 g/mol. The number of rotatable bonds is 3. The van der Waals surface area contributed by atoms with Gasteiger partial charge in [0.1, 0.15) is 5.82 Å². The maximum Gasteiger partial charge on any atom is 0.419 e. The summed E-state index contributed by atoms with van der Waals surface area (Å²) in [4.78, 5) is 0. The summed E-state index contributed by atoms with van der Waals surface area (Å²) in [7, 11) is 1.57. The number of hydrogen-bond donors (Lipinski definition) is 2. The van der Waals surface area contributed by atoms with Gasteiger partial charge in [0.15, 0.2) is 0 Å². The first-order chi connectivity index (χ1) is 9.75. The number of nitrogens with zero attached hydrogens (tertiary/aromatic N) is 2. The van der Waals surface area contributed by atoms with Crippen LogP contribution < -0.4 is 11.3 Å². The van der Waals surface area contributed by atoms with E-state index in [1.807, 2.05) is 0 Å². The number of alkyl halides is 3. The molecule has 0 spiro atoms. The van der Waals surface area contributed by atoms with E-state index in [-0.39, 0.29) is 10.6 Å². The quantitative estimate of drug-likeness (QED) is 0.519. The highest BCUT2D eigenvalue weighted by Gasteiger charge is 2.35. The zero-order valence-electron chi connectivity index (χ0n) is 10.7. The predicted octanol–water partition coefficient (Wildman–Crippen LogP) is 2.78. The molecule has 0 saturated heterocycles. The van der Waals surface area contributed by atoms with Gasteiger partial charge in [0.2, 0.25) is 0 Å². The highest BCUT2D eigenvalue weighted by Crippen LogP contribution is 2.35. The van der Waals surface area contributed by atoms with Crippen LogP contribution in [0.2, 0.25) is 5.02 Å². The van der Waals surface area contributed by atoms with Crippen LogP contribution in [-0.4, -0.2) is 9.78 Å². The summed E-state index contributed by atoms with van der Waals surface area (Å²) in [6.07, 6.45) is -3.45. The number of aryl methyl sites for hydroxylation is 1. The minimum atomic E-state index is -4.80. The van der Waals surface area contributed by atoms with Crippen molar-refractivity contribution in [1.82, 2.24) is 15.2 Å². The van der Waals surface area contributed by atoms with Crippen molar-refractivity contribution in [3.8, 4) is 0 Å². The lowest BCUT2D eigenvalue weighted by Crippen LogP contribution is -2.31. The fraction of sp³-hybridized carbons (Fsp3) is 0.250. The Kier molecular flexibility index (Phi) is 4.22. The van der Waals surface area contributed by atoms with Gasteiger partial charge in [0, 0.05) is 7.05 Å². The van der Waals surface area contributed by atoms with Crippen molar-refractivity contribution in [2.45, 2.75) is 12.2 Å². The van der Waals surface area contributed by atoms with Crippen molar-refractivity contribution in [2.75, 3.05) is 0 Å². The molecule has 9 heteroatoms. The standard InChI is InChI=1S/C12H11ClF4N4/c1-21-11(8(13)5-19-21)10(20-18)6-2-3-9(14)7(4-6)12(15,16)17/h2-5,10,20H,18H2,1H3. The molecule has 0 radical (unpaired) electrons. The van der Waals surface area contributed by atoms with Crippen LogP contribution >= 0.6 is 11.6 Å². The molecule has 0 aliphatic heterocycles. The highest BCUT2D eigenvalue weighted by molar-refractivity contribution is 6.31. The lowest BCUT2D eigenvalue weighted by Gasteiger charge is -2.19. The van der Waals surface area contributed by atoms with E-state index in [9.17, 15) is 17.6 Å². The van der Waals surface area contributed by atoms with Crippen LogP contribution in [0.1, 0.15) is 22.9 Å². The van der Waals surface area contributed by atoms with Gasteiger partial charge in [-0.1, -0.05) is 17.7 Å². The molecule has 0 aliphatic rings. The summed E-state index contributed by atoms with van der Waals surface area (Å²) in [5, 5.41) is 4.13. The summed E-state index contributed by atoms with van der Waals surface area (Å²) in [5.74, 6) is 4.06. The van der Waals surface area contributed by atoms with Crippen molar-refractivity contribution in [3.63, 3.8) is 0 Å². The Morgan fingerprint density at radius 1 is 1.38 bits per heavy atom. The average Bonchev–Trinajstić information content (AvgIpc) is 2.72. The Labute approximate surface area is 122 Å². The molecule has 1 heterocycles. The smallest absolute Gasteiger partial charge is 0.271 e. The molecule has 2 rings (SSSR count). The monoisotopic (exact) mass is 322 g/mol. The van der Waals surface area contributed by atoms with Gasteiger partial charge in [-0.05, 0) is 17.7 Å². The molecule has 0 saturated carbocycles. The van der Waals surface area contributed by atoms with Gasteiger partial charge in [-0.3, -0.25) is 10.5 Å². The summed E-state index contributed by atoms with van der Waals surface area (Å²) >= 11 is 5.95. The Morgan fingerprint density at radius 3 is 2.52 bits per heavy atom. The van der Waals surface area contributed by atoms with Crippen LogP contribution in [-0.2, 0) is 13.2 Å². The summed E-state index contributed by atoms with van der Waals surface area (Å²) < 4.78 is 53.0. The Morgan fingerprint density at radius 2 is 2.05 bits per heavy atom. The first-order valence-electron chi connectivity index (χ1n) is 5.76. The molecule has 1 aromatic carbocycles. The first-order valence-corrected chi connectivity index (χ1v) is 6.13. The fourth-order valence-electron chi connectivity index (χ4n) is 2.02. The molecule has 1 atom stereocenters. The number of halogens is 5. The Hall–Kier alpha value is -1.64. The van der Waals surface area contributed by atoms with E-state index in [0.717, 1.165) is 6.07 Å². The van der Waals surface area contributed by atoms with Crippen molar-refractivity contribution in [2.24, 2.45) is 12.9 Å². The number of aromatic nitrogens is 2. The van der Waals surface area contributed by atoms with E-state index < -0.39 is 23.6 Å². The summed E-state index contributed by atoms with van der Waals surface area (Å²) in [6, 6.07) is 1.79. The van der Waals surface area contributed by atoms with E-state index in [1.54, 1.807) is 7.05 Å². The van der Waals surface area contributed by atoms with Crippen LogP contribution in [0.4, 0.5) is 17.6 Å². The molecule has 1 unspecified atom stereocenters. The minimum Gasteiger partial charge on any atom is -0.271 e. The fourth-order valence-corrected chi connectivity index (χ4v) is 2.29. The van der Waals surface area contributed by atoms with Crippen molar-refractivity contribution in [1.29, 1.82) is 0 Å². The second kappa shape index (κ2) is 5.63. The minimum absolute atomic E-state index is 0.122. The maximum atomic E-state index is 13.3. The largest absolute Gasteiger partial charge is 0.419 e. The predicted molar refractivity (Wildman–Crippen MR) is 68.8 cm³/mol. The summed E-state index contributed by atoms with van der Waals surface area (Å²) in [5.41, 5.74) is 1.50. The molecule has 2 aromatic rings. The third-order valence-electron chi connectivity index (χ3n) is 3.01. The third-order valence-corrected chi connectivity index (χ3v) is 3.30. The van der Waals surface area contributed by atoms with Crippen molar-refractivity contribution < 1.29 is 17.6 Å². The van der Waals surface area contributed by atoms with Gasteiger partial charge in [0.05, 0.1) is 28.5 Å². The van der Waals surface area contributed by atoms with Crippen LogP contribution in [0, 0.1) is 5.82 Å². The van der Waals surface area contributed by atoms with Gasteiger partial charge in [-0.2, -0.15) is 18.3 Å². The van der Waals surface area contributed by atoms with Crippen LogP contribution in [0.5, 0.6) is 0 Å². The van der Waals surface area contributed by atoms with Gasteiger partial charge < -0.3 is 0 Å². The van der Waals surface area contributed by atoms with E-state index in [1.165, 1.54) is 16.9 Å². The number of benzene rings is 1. The zero-order chi connectivity index (χ0) is 15.8. The highest BCUT2D eigenvalue weighted by atomic mass is 35.5. The molecular formula is C12H11ClF4N4. The van der Waals surface area contributed by atoms with E-state index >= 15 is 0 Å². The van der Waals surface area contributed by atoms with Crippen LogP contribution in [0.3, 0.4) is 0 Å². The molecule has 4 nitrogen and oxygen atoms in total. The first kappa shape index (κ1) is 15.7. The van der Waals surface area contributed by atoms with Crippen molar-refractivity contribution >= 4 is 11.6 Å². The SMILES string of the molecule is Cn1ncc(Cl)c1C(NN)c1ccc(F)c(C(F)(F)F)c1. The molecule has 0 fully saturated rings. The molecule has 114 valence electrons. The van der Waals surface area contributed by atoms with E-state index in [4.69, 9.17) is 17.4 Å². The molecule has 0 bridgehead atoms. The Balaban J connectivity index is 2.54. The molecule has 1 aromatic heterocycles. The number of nitrogens with one attached hydrogen (secondary N) is 1. The van der Waals surface area contributed by atoms with E-state index in [0.29, 0.717) is 11.8 Å².